The van der Waals surface area contributed by atoms with E-state index in [1.165, 1.54) is 33.4 Å². The van der Waals surface area contributed by atoms with E-state index in [9.17, 15) is 0 Å². The number of aromatic nitrogens is 1. The smallest absolute Gasteiger partial charge is 0.0537 e. The maximum atomic E-state index is 2.39. The summed E-state index contributed by atoms with van der Waals surface area (Å²) in [5, 5.41) is 1.35. The molecule has 1 nitrogen and oxygen atoms in total. The van der Waals surface area contributed by atoms with Gasteiger partial charge >= 0.3 is 0 Å². The number of aryl methyl sites for hydroxylation is 1. The Morgan fingerprint density at radius 3 is 2.58 bits per heavy atom. The SMILES string of the molecule is Cc1ccc(-n2c3c(c4ccccc42)C=CC3)cc1. The van der Waals surface area contributed by atoms with Crippen molar-refractivity contribution in [3.63, 3.8) is 0 Å². The minimum Gasteiger partial charge on any atom is -0.313 e. The fourth-order valence-electron chi connectivity index (χ4n) is 2.98. The highest BCUT2D eigenvalue weighted by Crippen LogP contribution is 2.34. The molecule has 19 heavy (non-hydrogen) atoms. The normalized spacial score (nSPS) is 13.1. The first-order valence-corrected chi connectivity index (χ1v) is 6.70. The van der Waals surface area contributed by atoms with Gasteiger partial charge in [0.05, 0.1) is 5.52 Å². The summed E-state index contributed by atoms with van der Waals surface area (Å²) in [6.45, 7) is 2.13. The van der Waals surface area contributed by atoms with Crippen molar-refractivity contribution in [3.05, 3.63) is 71.4 Å². The van der Waals surface area contributed by atoms with Gasteiger partial charge in [-0.3, -0.25) is 0 Å². The van der Waals surface area contributed by atoms with Crippen LogP contribution < -0.4 is 0 Å². The molecular weight excluding hydrogens is 230 g/mol. The molecule has 0 amide bonds. The average molecular weight is 245 g/mol. The standard InChI is InChI=1S/C18H15N/c1-13-9-11-14(12-10-13)19-17-7-3-2-5-15(17)16-6-4-8-18(16)19/h2-7,9-12H,8H2,1H3. The Kier molecular flexibility index (Phi) is 2.16. The molecule has 1 aliphatic rings. The molecule has 0 N–H and O–H groups in total. The van der Waals surface area contributed by atoms with Gasteiger partial charge in [-0.1, -0.05) is 48.0 Å². The van der Waals surface area contributed by atoms with Crippen molar-refractivity contribution >= 4 is 17.0 Å². The second kappa shape index (κ2) is 3.86. The average Bonchev–Trinajstić information content (AvgIpc) is 3.00. The molecule has 2 aromatic carbocycles. The Morgan fingerprint density at radius 2 is 1.74 bits per heavy atom. The van der Waals surface area contributed by atoms with E-state index in [1.807, 2.05) is 0 Å². The van der Waals surface area contributed by atoms with E-state index in [0.29, 0.717) is 0 Å². The summed E-state index contributed by atoms with van der Waals surface area (Å²) in [6, 6.07) is 17.4. The Labute approximate surface area is 112 Å². The van der Waals surface area contributed by atoms with Crippen molar-refractivity contribution in [2.24, 2.45) is 0 Å². The van der Waals surface area contributed by atoms with Crippen molar-refractivity contribution in [1.82, 2.24) is 4.57 Å². The van der Waals surface area contributed by atoms with Gasteiger partial charge in [-0.25, -0.2) is 0 Å². The lowest BCUT2D eigenvalue weighted by Crippen LogP contribution is -1.98. The predicted octanol–water partition coefficient (Wildman–Crippen LogP) is 4.51. The second-order valence-corrected chi connectivity index (χ2v) is 5.15. The van der Waals surface area contributed by atoms with Crippen LogP contribution in [0.25, 0.3) is 22.7 Å². The first-order valence-electron chi connectivity index (χ1n) is 6.70. The highest BCUT2D eigenvalue weighted by atomic mass is 15.0. The summed E-state index contributed by atoms with van der Waals surface area (Å²) in [7, 11) is 0. The molecule has 0 fully saturated rings. The van der Waals surface area contributed by atoms with Crippen molar-refractivity contribution in [3.8, 4) is 5.69 Å². The van der Waals surface area contributed by atoms with E-state index in [2.05, 4.69) is 72.2 Å². The number of nitrogens with zero attached hydrogens (tertiary/aromatic N) is 1. The molecule has 92 valence electrons. The molecule has 0 saturated heterocycles. The molecule has 1 heteroatoms. The number of benzene rings is 2. The van der Waals surface area contributed by atoms with Gasteiger partial charge in [0, 0.05) is 28.8 Å². The molecule has 1 aromatic heterocycles. The third-order valence-corrected chi connectivity index (χ3v) is 3.90. The number of rotatable bonds is 1. The molecule has 0 atom stereocenters. The van der Waals surface area contributed by atoms with Crippen LogP contribution in [0.5, 0.6) is 0 Å². The Morgan fingerprint density at radius 1 is 0.947 bits per heavy atom. The van der Waals surface area contributed by atoms with Gasteiger partial charge in [-0.15, -0.1) is 0 Å². The topological polar surface area (TPSA) is 4.93 Å². The van der Waals surface area contributed by atoms with Gasteiger partial charge in [0.1, 0.15) is 0 Å². The van der Waals surface area contributed by atoms with Gasteiger partial charge in [0.15, 0.2) is 0 Å². The van der Waals surface area contributed by atoms with Crippen LogP contribution in [-0.4, -0.2) is 4.57 Å². The zero-order valence-electron chi connectivity index (χ0n) is 10.9. The van der Waals surface area contributed by atoms with Gasteiger partial charge in [-0.05, 0) is 25.1 Å². The first-order chi connectivity index (χ1) is 9.34. The Hall–Kier alpha value is -2.28. The van der Waals surface area contributed by atoms with Crippen LogP contribution >= 0.6 is 0 Å². The van der Waals surface area contributed by atoms with Crippen molar-refractivity contribution in [2.45, 2.75) is 13.3 Å². The summed E-state index contributed by atoms with van der Waals surface area (Å²) in [4.78, 5) is 0. The van der Waals surface area contributed by atoms with Gasteiger partial charge < -0.3 is 4.57 Å². The first kappa shape index (κ1) is 10.6. The zero-order chi connectivity index (χ0) is 12.8. The molecule has 0 spiro atoms. The highest BCUT2D eigenvalue weighted by molar-refractivity contribution is 5.94. The summed E-state index contributed by atoms with van der Waals surface area (Å²) in [5.41, 5.74) is 6.66. The predicted molar refractivity (Wildman–Crippen MR) is 80.8 cm³/mol. The monoisotopic (exact) mass is 245 g/mol. The summed E-state index contributed by atoms with van der Waals surface area (Å²) >= 11 is 0. The van der Waals surface area contributed by atoms with E-state index in [1.54, 1.807) is 0 Å². The van der Waals surface area contributed by atoms with Crippen molar-refractivity contribution < 1.29 is 0 Å². The van der Waals surface area contributed by atoms with Crippen molar-refractivity contribution in [2.75, 3.05) is 0 Å². The van der Waals surface area contributed by atoms with Crippen LogP contribution in [0, 0.1) is 6.92 Å². The van der Waals surface area contributed by atoms with Crippen LogP contribution in [0.15, 0.2) is 54.6 Å². The maximum absolute atomic E-state index is 2.39. The minimum absolute atomic E-state index is 1.03. The second-order valence-electron chi connectivity index (χ2n) is 5.15. The molecule has 1 heterocycles. The number of hydrogen-bond acceptors (Lipinski definition) is 0. The van der Waals surface area contributed by atoms with E-state index < -0.39 is 0 Å². The molecule has 0 radical (unpaired) electrons. The van der Waals surface area contributed by atoms with Crippen molar-refractivity contribution in [1.29, 1.82) is 0 Å². The Bertz CT molecular complexity index is 788. The summed E-state index contributed by atoms with van der Waals surface area (Å²) in [5.74, 6) is 0. The third-order valence-electron chi connectivity index (χ3n) is 3.90. The van der Waals surface area contributed by atoms with Crippen LogP contribution in [0.1, 0.15) is 16.8 Å². The van der Waals surface area contributed by atoms with Crippen LogP contribution in [0.4, 0.5) is 0 Å². The molecule has 0 saturated carbocycles. The summed E-state index contributed by atoms with van der Waals surface area (Å²) < 4.78 is 2.39. The lowest BCUT2D eigenvalue weighted by molar-refractivity contribution is 1.01. The largest absolute Gasteiger partial charge is 0.313 e. The molecule has 4 rings (SSSR count). The molecule has 0 bridgehead atoms. The molecule has 0 unspecified atom stereocenters. The maximum Gasteiger partial charge on any atom is 0.0537 e. The summed E-state index contributed by atoms with van der Waals surface area (Å²) in [6.07, 6.45) is 5.53. The number of hydrogen-bond donors (Lipinski definition) is 0. The van der Waals surface area contributed by atoms with Crippen LogP contribution in [0.3, 0.4) is 0 Å². The molecular formula is C18H15N. The fourth-order valence-corrected chi connectivity index (χ4v) is 2.98. The number of allylic oxidation sites excluding steroid dienone is 1. The fraction of sp³-hybridized carbons (Fsp3) is 0.111. The van der Waals surface area contributed by atoms with E-state index >= 15 is 0 Å². The number of fused-ring (bicyclic) bond motifs is 3. The highest BCUT2D eigenvalue weighted by Gasteiger charge is 2.18. The lowest BCUT2D eigenvalue weighted by Gasteiger charge is -2.09. The lowest BCUT2D eigenvalue weighted by atomic mass is 10.2. The molecule has 3 aromatic rings. The Balaban J connectivity index is 2.08. The van der Waals surface area contributed by atoms with Crippen LogP contribution in [-0.2, 0) is 6.42 Å². The minimum atomic E-state index is 1.03. The quantitative estimate of drug-likeness (QED) is 0.594. The number of para-hydroxylation sites is 1. The van der Waals surface area contributed by atoms with Gasteiger partial charge in [0.2, 0.25) is 0 Å². The van der Waals surface area contributed by atoms with Gasteiger partial charge in [-0.2, -0.15) is 0 Å². The van der Waals surface area contributed by atoms with Crippen LogP contribution in [0.2, 0.25) is 0 Å². The molecule has 1 aliphatic carbocycles. The molecule has 0 aliphatic heterocycles. The van der Waals surface area contributed by atoms with Gasteiger partial charge in [0.25, 0.3) is 0 Å². The van der Waals surface area contributed by atoms with E-state index in [4.69, 9.17) is 0 Å². The zero-order valence-corrected chi connectivity index (χ0v) is 10.9. The van der Waals surface area contributed by atoms with E-state index in [-0.39, 0.29) is 0 Å². The third kappa shape index (κ3) is 1.48. The van der Waals surface area contributed by atoms with E-state index in [0.717, 1.165) is 6.42 Å².